The average Bonchev–Trinajstić information content (AvgIpc) is 1.65. The summed E-state index contributed by atoms with van der Waals surface area (Å²) in [6.07, 6.45) is 0. The molecule has 0 amide bonds. The molecule has 0 aliphatic carbocycles. The Morgan fingerprint density at radius 3 is 1.86 bits per heavy atom. The van der Waals surface area contributed by atoms with Gasteiger partial charge in [-0.25, -0.2) is 0 Å². The standard InChI is InChI=1S/C5H10O2/c1-4(2)5(6)7-3/h6H,1-3H3/p-1. The molecule has 0 aromatic carbocycles. The lowest BCUT2D eigenvalue weighted by Crippen LogP contribution is -2.06. The SMILES string of the molecule is COC([O-])=C(C)C. The van der Waals surface area contributed by atoms with E-state index in [9.17, 15) is 5.11 Å². The van der Waals surface area contributed by atoms with Gasteiger partial charge in [0.1, 0.15) is 0 Å². The van der Waals surface area contributed by atoms with Crippen molar-refractivity contribution >= 4 is 0 Å². The average molecular weight is 101 g/mol. The predicted molar refractivity (Wildman–Crippen MR) is 25.4 cm³/mol. The lowest BCUT2D eigenvalue weighted by atomic mass is 10.4. The molecule has 42 valence electrons. The van der Waals surface area contributed by atoms with Crippen LogP contribution in [0.4, 0.5) is 0 Å². The summed E-state index contributed by atoms with van der Waals surface area (Å²) >= 11 is 0. The van der Waals surface area contributed by atoms with Crippen molar-refractivity contribution in [1.29, 1.82) is 0 Å². The minimum absolute atomic E-state index is 0.236. The Morgan fingerprint density at radius 2 is 1.86 bits per heavy atom. The highest BCUT2D eigenvalue weighted by molar-refractivity contribution is 4.91. The molecule has 0 bridgehead atoms. The normalized spacial score (nSPS) is 7.86. The molecule has 0 aromatic rings. The van der Waals surface area contributed by atoms with Gasteiger partial charge in [-0.05, 0) is 21.0 Å². The van der Waals surface area contributed by atoms with E-state index in [4.69, 9.17) is 0 Å². The van der Waals surface area contributed by atoms with Crippen molar-refractivity contribution < 1.29 is 9.84 Å². The first kappa shape index (κ1) is 6.34. The first-order chi connectivity index (χ1) is 3.18. The number of allylic oxidation sites excluding steroid dienone is 1. The van der Waals surface area contributed by atoms with E-state index < -0.39 is 0 Å². The monoisotopic (exact) mass is 101 g/mol. The fourth-order valence-electron chi connectivity index (χ4n) is 0.204. The summed E-state index contributed by atoms with van der Waals surface area (Å²) in [6, 6.07) is 0. The van der Waals surface area contributed by atoms with E-state index in [1.165, 1.54) is 7.11 Å². The maximum absolute atomic E-state index is 10.3. The molecule has 0 heterocycles. The van der Waals surface area contributed by atoms with Crippen molar-refractivity contribution in [1.82, 2.24) is 0 Å². The third-order valence-electron chi connectivity index (χ3n) is 0.594. The van der Waals surface area contributed by atoms with Crippen LogP contribution in [0, 0.1) is 0 Å². The molecule has 0 atom stereocenters. The lowest BCUT2D eigenvalue weighted by Gasteiger charge is -2.09. The van der Waals surface area contributed by atoms with Gasteiger partial charge in [-0.2, -0.15) is 0 Å². The number of ether oxygens (including phenoxy) is 1. The first-order valence-electron chi connectivity index (χ1n) is 2.07. The third-order valence-corrected chi connectivity index (χ3v) is 0.594. The molecule has 0 aromatic heterocycles. The second-order valence-corrected chi connectivity index (χ2v) is 1.49. The van der Waals surface area contributed by atoms with E-state index in [-0.39, 0.29) is 5.95 Å². The van der Waals surface area contributed by atoms with Crippen molar-refractivity contribution in [2.45, 2.75) is 13.8 Å². The van der Waals surface area contributed by atoms with Crippen LogP contribution >= 0.6 is 0 Å². The van der Waals surface area contributed by atoms with Gasteiger partial charge in [-0.3, -0.25) is 0 Å². The highest BCUT2D eigenvalue weighted by atomic mass is 16.6. The van der Waals surface area contributed by atoms with E-state index in [1.54, 1.807) is 13.8 Å². The van der Waals surface area contributed by atoms with Crippen LogP contribution < -0.4 is 5.11 Å². The fourth-order valence-corrected chi connectivity index (χ4v) is 0.204. The Labute approximate surface area is 43.4 Å². The second kappa shape index (κ2) is 2.50. The summed E-state index contributed by atoms with van der Waals surface area (Å²) in [7, 11) is 1.37. The van der Waals surface area contributed by atoms with Crippen molar-refractivity contribution in [3.8, 4) is 0 Å². The van der Waals surface area contributed by atoms with Crippen molar-refractivity contribution in [3.63, 3.8) is 0 Å². The van der Waals surface area contributed by atoms with Gasteiger partial charge in [0.25, 0.3) is 0 Å². The molecule has 0 saturated heterocycles. The summed E-state index contributed by atoms with van der Waals surface area (Å²) in [4.78, 5) is 0. The van der Waals surface area contributed by atoms with Crippen LogP contribution in [0.2, 0.25) is 0 Å². The van der Waals surface area contributed by atoms with Crippen LogP contribution in [0.1, 0.15) is 13.8 Å². The second-order valence-electron chi connectivity index (χ2n) is 1.49. The number of hydrogen-bond acceptors (Lipinski definition) is 2. The molecule has 2 heteroatoms. The summed E-state index contributed by atoms with van der Waals surface area (Å²) in [6.45, 7) is 3.43. The predicted octanol–water partition coefficient (Wildman–Crippen LogP) is 0.244. The van der Waals surface area contributed by atoms with Crippen molar-refractivity contribution in [2.24, 2.45) is 0 Å². The summed E-state index contributed by atoms with van der Waals surface area (Å²) < 4.78 is 4.34. The maximum Gasteiger partial charge on any atom is 0.0495 e. The highest BCUT2D eigenvalue weighted by Gasteiger charge is 1.76. The Morgan fingerprint density at radius 1 is 1.43 bits per heavy atom. The Hall–Kier alpha value is -0.660. The Balaban J connectivity index is 3.72. The van der Waals surface area contributed by atoms with Gasteiger partial charge in [0.2, 0.25) is 0 Å². The van der Waals surface area contributed by atoms with Crippen LogP contribution in [0.5, 0.6) is 0 Å². The molecule has 0 N–H and O–H groups in total. The van der Waals surface area contributed by atoms with E-state index >= 15 is 0 Å². The molecular weight excluding hydrogens is 92.1 g/mol. The molecule has 0 rings (SSSR count). The van der Waals surface area contributed by atoms with Crippen LogP contribution in [0.15, 0.2) is 11.5 Å². The van der Waals surface area contributed by atoms with Crippen molar-refractivity contribution in [2.75, 3.05) is 7.11 Å². The first-order valence-corrected chi connectivity index (χ1v) is 2.07. The number of rotatable bonds is 1. The summed E-state index contributed by atoms with van der Waals surface area (Å²) in [5.74, 6) is -0.236. The highest BCUT2D eigenvalue weighted by Crippen LogP contribution is 1.92. The lowest BCUT2D eigenvalue weighted by molar-refractivity contribution is -0.355. The Kier molecular flexibility index (Phi) is 2.27. The zero-order valence-electron chi connectivity index (χ0n) is 4.82. The van der Waals surface area contributed by atoms with Crippen LogP contribution in [-0.2, 0) is 4.74 Å². The minimum atomic E-state index is -0.236. The number of methoxy groups -OCH3 is 1. The van der Waals surface area contributed by atoms with Crippen molar-refractivity contribution in [3.05, 3.63) is 11.5 Å². The molecule has 0 unspecified atom stereocenters. The molecule has 0 aliphatic rings. The van der Waals surface area contributed by atoms with E-state index in [0.717, 1.165) is 0 Å². The molecule has 0 radical (unpaired) electrons. The van der Waals surface area contributed by atoms with Gasteiger partial charge in [-0.1, -0.05) is 5.57 Å². The molecule has 0 fully saturated rings. The smallest absolute Gasteiger partial charge is 0.0495 e. The summed E-state index contributed by atoms with van der Waals surface area (Å²) in [5, 5.41) is 10.3. The molecule has 0 spiro atoms. The van der Waals surface area contributed by atoms with Gasteiger partial charge in [0, 0.05) is 5.95 Å². The largest absolute Gasteiger partial charge is 0.617 e. The minimum Gasteiger partial charge on any atom is -0.617 e. The van der Waals surface area contributed by atoms with Crippen LogP contribution in [0.25, 0.3) is 0 Å². The van der Waals surface area contributed by atoms with E-state index in [1.807, 2.05) is 0 Å². The molecule has 7 heavy (non-hydrogen) atoms. The maximum atomic E-state index is 10.3. The third kappa shape index (κ3) is 2.09. The molecular formula is C5H9O2-. The molecule has 0 aliphatic heterocycles. The van der Waals surface area contributed by atoms with Gasteiger partial charge in [0.15, 0.2) is 0 Å². The van der Waals surface area contributed by atoms with Gasteiger partial charge >= 0.3 is 0 Å². The topological polar surface area (TPSA) is 32.3 Å². The Bertz CT molecular complexity index is 80.1. The van der Waals surface area contributed by atoms with Crippen LogP contribution in [0.3, 0.4) is 0 Å². The zero-order chi connectivity index (χ0) is 5.86. The number of hydrogen-bond donors (Lipinski definition) is 0. The van der Waals surface area contributed by atoms with Crippen LogP contribution in [-0.4, -0.2) is 7.11 Å². The zero-order valence-corrected chi connectivity index (χ0v) is 4.82. The quantitative estimate of drug-likeness (QED) is 0.443. The summed E-state index contributed by atoms with van der Waals surface area (Å²) in [5.41, 5.74) is 0.683. The van der Waals surface area contributed by atoms with E-state index in [2.05, 4.69) is 4.74 Å². The molecule has 0 saturated carbocycles. The van der Waals surface area contributed by atoms with Gasteiger partial charge < -0.3 is 9.84 Å². The van der Waals surface area contributed by atoms with E-state index in [0.29, 0.717) is 5.57 Å². The fraction of sp³-hybridized carbons (Fsp3) is 0.600. The molecule has 2 nitrogen and oxygen atoms in total. The van der Waals surface area contributed by atoms with Gasteiger partial charge in [0.05, 0.1) is 0 Å². The van der Waals surface area contributed by atoms with Gasteiger partial charge in [-0.15, -0.1) is 0 Å².